The van der Waals surface area contributed by atoms with Crippen LogP contribution in [0, 0.1) is 0 Å². The number of hydroxylamine groups is 2. The zero-order valence-corrected chi connectivity index (χ0v) is 9.99. The molecule has 0 radical (unpaired) electrons. The Labute approximate surface area is 90.3 Å². The van der Waals surface area contributed by atoms with Crippen molar-refractivity contribution in [3.05, 3.63) is 0 Å². The van der Waals surface area contributed by atoms with Gasteiger partial charge in [-0.05, 0) is 27.2 Å². The molecule has 0 aromatic heterocycles. The van der Waals surface area contributed by atoms with E-state index >= 15 is 0 Å². The van der Waals surface area contributed by atoms with E-state index in [1.54, 1.807) is 20.8 Å². The van der Waals surface area contributed by atoms with Crippen molar-refractivity contribution in [1.29, 1.82) is 0 Å². The Kier molecular flexibility index (Phi) is 5.11. The van der Waals surface area contributed by atoms with Crippen LogP contribution in [0.4, 0.5) is 4.79 Å². The monoisotopic (exact) mass is 217 g/mol. The molecule has 5 heteroatoms. The Hall–Kier alpha value is -1.26. The molecule has 15 heavy (non-hydrogen) atoms. The summed E-state index contributed by atoms with van der Waals surface area (Å²) in [6.07, 6.45) is 0.292. The number of hydrogen-bond acceptors (Lipinski definition) is 4. The standard InChI is InChI=1S/C10H19NO4/c1-6-7-8(12)15-11(5)9(13)14-10(2,3)4/h6-7H2,1-5H3. The zero-order valence-electron chi connectivity index (χ0n) is 9.99. The van der Waals surface area contributed by atoms with Crippen LogP contribution >= 0.6 is 0 Å². The maximum Gasteiger partial charge on any atom is 0.443 e. The van der Waals surface area contributed by atoms with Crippen molar-refractivity contribution < 1.29 is 19.2 Å². The van der Waals surface area contributed by atoms with Crippen LogP contribution in [0.2, 0.25) is 0 Å². The summed E-state index contributed by atoms with van der Waals surface area (Å²) in [4.78, 5) is 27.1. The Morgan fingerprint density at radius 2 is 1.80 bits per heavy atom. The van der Waals surface area contributed by atoms with Crippen LogP contribution in [0.5, 0.6) is 0 Å². The maximum absolute atomic E-state index is 11.3. The lowest BCUT2D eigenvalue weighted by Crippen LogP contribution is -2.35. The molecule has 5 nitrogen and oxygen atoms in total. The highest BCUT2D eigenvalue weighted by atomic mass is 16.8. The van der Waals surface area contributed by atoms with Gasteiger partial charge in [0.1, 0.15) is 5.60 Å². The fourth-order valence-corrected chi connectivity index (χ4v) is 0.766. The molecule has 0 saturated heterocycles. The fraction of sp³-hybridized carbons (Fsp3) is 0.800. The van der Waals surface area contributed by atoms with E-state index in [1.165, 1.54) is 7.05 Å². The summed E-state index contributed by atoms with van der Waals surface area (Å²) in [5.74, 6) is -0.439. The summed E-state index contributed by atoms with van der Waals surface area (Å²) in [5, 5.41) is 0.809. The lowest BCUT2D eigenvalue weighted by atomic mass is 10.2. The number of hydrogen-bond donors (Lipinski definition) is 0. The average Bonchev–Trinajstić information content (AvgIpc) is 2.00. The molecular formula is C10H19NO4. The first-order valence-corrected chi connectivity index (χ1v) is 4.93. The van der Waals surface area contributed by atoms with Crippen LogP contribution in [0.1, 0.15) is 40.5 Å². The van der Waals surface area contributed by atoms with E-state index < -0.39 is 17.7 Å². The molecule has 0 saturated carbocycles. The minimum absolute atomic E-state index is 0.285. The van der Waals surface area contributed by atoms with Crippen LogP contribution in [0.25, 0.3) is 0 Å². The van der Waals surface area contributed by atoms with Crippen LogP contribution in [-0.4, -0.2) is 29.8 Å². The molecule has 0 aliphatic rings. The van der Waals surface area contributed by atoms with Crippen molar-refractivity contribution in [2.24, 2.45) is 0 Å². The van der Waals surface area contributed by atoms with E-state index in [0.717, 1.165) is 5.06 Å². The van der Waals surface area contributed by atoms with E-state index in [0.29, 0.717) is 6.42 Å². The third-order valence-electron chi connectivity index (χ3n) is 1.34. The second-order valence-electron chi connectivity index (χ2n) is 4.19. The number of carbonyl (C=O) groups excluding carboxylic acids is 2. The number of carbonyl (C=O) groups is 2. The molecule has 0 atom stereocenters. The molecule has 0 fully saturated rings. The largest absolute Gasteiger partial charge is 0.443 e. The molecule has 1 amide bonds. The first-order valence-electron chi connectivity index (χ1n) is 4.93. The summed E-state index contributed by atoms with van der Waals surface area (Å²) in [6.45, 7) is 7.08. The molecular weight excluding hydrogens is 198 g/mol. The van der Waals surface area contributed by atoms with Gasteiger partial charge in [-0.1, -0.05) is 6.92 Å². The van der Waals surface area contributed by atoms with Gasteiger partial charge in [-0.25, -0.2) is 9.59 Å². The van der Waals surface area contributed by atoms with Gasteiger partial charge in [-0.15, -0.1) is 5.06 Å². The van der Waals surface area contributed by atoms with Crippen LogP contribution in [0.3, 0.4) is 0 Å². The average molecular weight is 217 g/mol. The third kappa shape index (κ3) is 6.76. The zero-order chi connectivity index (χ0) is 12.1. The molecule has 88 valence electrons. The van der Waals surface area contributed by atoms with Gasteiger partial charge < -0.3 is 9.57 Å². The van der Waals surface area contributed by atoms with Gasteiger partial charge in [0.05, 0.1) is 7.05 Å². The summed E-state index contributed by atoms with van der Waals surface area (Å²) < 4.78 is 4.99. The molecule has 0 rings (SSSR count). The van der Waals surface area contributed by atoms with E-state index in [9.17, 15) is 9.59 Å². The maximum atomic E-state index is 11.3. The van der Waals surface area contributed by atoms with Crippen molar-refractivity contribution in [3.63, 3.8) is 0 Å². The van der Waals surface area contributed by atoms with Crippen LogP contribution < -0.4 is 0 Å². The molecule has 0 heterocycles. The quantitative estimate of drug-likeness (QED) is 0.665. The molecule has 0 spiro atoms. The van der Waals surface area contributed by atoms with Crippen LogP contribution in [0.15, 0.2) is 0 Å². The molecule has 0 bridgehead atoms. The molecule has 0 aliphatic carbocycles. The second kappa shape index (κ2) is 5.58. The van der Waals surface area contributed by atoms with Gasteiger partial charge >= 0.3 is 12.1 Å². The minimum atomic E-state index is -0.674. The second-order valence-corrected chi connectivity index (χ2v) is 4.19. The van der Waals surface area contributed by atoms with E-state index in [4.69, 9.17) is 9.57 Å². The number of amides is 1. The topological polar surface area (TPSA) is 55.8 Å². The number of ether oxygens (including phenoxy) is 1. The first-order chi connectivity index (χ1) is 6.76. The fourth-order valence-electron chi connectivity index (χ4n) is 0.766. The first kappa shape index (κ1) is 13.7. The Balaban J connectivity index is 4.05. The lowest BCUT2D eigenvalue weighted by Gasteiger charge is -2.23. The Morgan fingerprint density at radius 3 is 2.20 bits per heavy atom. The molecule has 0 unspecified atom stereocenters. The van der Waals surface area contributed by atoms with E-state index in [-0.39, 0.29) is 6.42 Å². The van der Waals surface area contributed by atoms with Crippen LogP contribution in [-0.2, 0) is 14.4 Å². The summed E-state index contributed by atoms with van der Waals surface area (Å²) >= 11 is 0. The minimum Gasteiger partial charge on any atom is -0.442 e. The third-order valence-corrected chi connectivity index (χ3v) is 1.34. The SMILES string of the molecule is CCCC(=O)ON(C)C(=O)OC(C)(C)C. The van der Waals surface area contributed by atoms with E-state index in [2.05, 4.69) is 0 Å². The van der Waals surface area contributed by atoms with Crippen molar-refractivity contribution in [2.75, 3.05) is 7.05 Å². The van der Waals surface area contributed by atoms with Crippen molar-refractivity contribution in [3.8, 4) is 0 Å². The van der Waals surface area contributed by atoms with Gasteiger partial charge in [0.25, 0.3) is 0 Å². The molecule has 0 aliphatic heterocycles. The Bertz CT molecular complexity index is 232. The summed E-state index contributed by atoms with van der Waals surface area (Å²) in [7, 11) is 1.35. The summed E-state index contributed by atoms with van der Waals surface area (Å²) in [5.41, 5.74) is -0.595. The van der Waals surface area contributed by atoms with Gasteiger partial charge in [0.15, 0.2) is 0 Å². The lowest BCUT2D eigenvalue weighted by molar-refractivity contribution is -0.179. The summed E-state index contributed by atoms with van der Waals surface area (Å²) in [6, 6.07) is 0. The predicted octanol–water partition coefficient (Wildman–Crippen LogP) is 2.11. The normalized spacial score (nSPS) is 10.7. The highest BCUT2D eigenvalue weighted by molar-refractivity contribution is 5.73. The predicted molar refractivity (Wildman–Crippen MR) is 55.0 cm³/mol. The van der Waals surface area contributed by atoms with Gasteiger partial charge in [0, 0.05) is 6.42 Å². The highest BCUT2D eigenvalue weighted by Crippen LogP contribution is 2.09. The van der Waals surface area contributed by atoms with E-state index in [1.807, 2.05) is 6.92 Å². The smallest absolute Gasteiger partial charge is 0.442 e. The van der Waals surface area contributed by atoms with Gasteiger partial charge in [0.2, 0.25) is 0 Å². The van der Waals surface area contributed by atoms with Crippen molar-refractivity contribution in [2.45, 2.75) is 46.1 Å². The molecule has 0 aromatic rings. The number of rotatable bonds is 2. The molecule has 0 aromatic carbocycles. The number of nitrogens with zero attached hydrogens (tertiary/aromatic N) is 1. The van der Waals surface area contributed by atoms with Crippen molar-refractivity contribution >= 4 is 12.1 Å². The Morgan fingerprint density at radius 1 is 1.27 bits per heavy atom. The molecule has 0 N–H and O–H groups in total. The van der Waals surface area contributed by atoms with Gasteiger partial charge in [-0.3, -0.25) is 0 Å². The van der Waals surface area contributed by atoms with Gasteiger partial charge in [-0.2, -0.15) is 0 Å². The highest BCUT2D eigenvalue weighted by Gasteiger charge is 2.21. The van der Waals surface area contributed by atoms with Crippen molar-refractivity contribution in [1.82, 2.24) is 5.06 Å².